The average Bonchev–Trinajstić information content (AvgIpc) is 2.96. The van der Waals surface area contributed by atoms with E-state index in [9.17, 15) is 10.4 Å². The number of methoxy groups -OCH3 is 1. The zero-order valence-electron chi connectivity index (χ0n) is 12.8. The fourth-order valence-electron chi connectivity index (χ4n) is 2.79. The molecule has 1 aliphatic rings. The van der Waals surface area contributed by atoms with E-state index in [2.05, 4.69) is 16.3 Å². The maximum atomic E-state index is 9.79. The molecule has 2 aromatic rings. The van der Waals surface area contributed by atoms with Crippen molar-refractivity contribution in [3.05, 3.63) is 46.5 Å². The zero-order valence-corrected chi connectivity index (χ0v) is 12.8. The Labute approximate surface area is 132 Å². The molecular weight excluding hydrogens is 296 g/mol. The van der Waals surface area contributed by atoms with Gasteiger partial charge in [-0.1, -0.05) is 13.0 Å². The van der Waals surface area contributed by atoms with Crippen LogP contribution in [0.15, 0.2) is 29.7 Å². The van der Waals surface area contributed by atoms with E-state index in [1.54, 1.807) is 12.1 Å². The van der Waals surface area contributed by atoms with Gasteiger partial charge in [-0.2, -0.15) is 5.26 Å². The molecule has 1 aromatic heterocycles. The van der Waals surface area contributed by atoms with Gasteiger partial charge in [0.15, 0.2) is 11.5 Å². The van der Waals surface area contributed by atoms with Gasteiger partial charge in [0.1, 0.15) is 11.6 Å². The molecule has 0 amide bonds. The van der Waals surface area contributed by atoms with Crippen LogP contribution in [0.4, 0.5) is 0 Å². The molecule has 118 valence electrons. The number of aromatic amines is 1. The number of hydrogen-bond donors (Lipinski definition) is 3. The third-order valence-corrected chi connectivity index (χ3v) is 3.91. The van der Waals surface area contributed by atoms with Crippen LogP contribution in [0.1, 0.15) is 29.7 Å². The van der Waals surface area contributed by atoms with Gasteiger partial charge in [0, 0.05) is 11.3 Å². The number of nitrogens with zero attached hydrogens (tertiary/aromatic N) is 2. The Morgan fingerprint density at radius 1 is 1.52 bits per heavy atom. The van der Waals surface area contributed by atoms with Gasteiger partial charge in [-0.15, -0.1) is 5.10 Å². The predicted octanol–water partition coefficient (Wildman–Crippen LogP) is 1.90. The summed E-state index contributed by atoms with van der Waals surface area (Å²) in [6.07, 6.45) is 0.704. The van der Waals surface area contributed by atoms with E-state index in [1.807, 2.05) is 6.92 Å². The van der Waals surface area contributed by atoms with E-state index >= 15 is 0 Å². The summed E-state index contributed by atoms with van der Waals surface area (Å²) in [5.74, 6) is 0.336. The number of allylic oxidation sites excluding steroid dienone is 1. The van der Waals surface area contributed by atoms with E-state index in [1.165, 1.54) is 13.2 Å². The van der Waals surface area contributed by atoms with E-state index in [0.717, 1.165) is 16.8 Å². The second-order valence-corrected chi connectivity index (χ2v) is 5.13. The summed E-state index contributed by atoms with van der Waals surface area (Å²) >= 11 is 0. The van der Waals surface area contributed by atoms with Gasteiger partial charge >= 0.3 is 0 Å². The highest BCUT2D eigenvalue weighted by molar-refractivity contribution is 5.57. The number of phenols is 1. The van der Waals surface area contributed by atoms with Crippen LogP contribution in [0.2, 0.25) is 0 Å². The van der Waals surface area contributed by atoms with Crippen molar-refractivity contribution in [3.8, 4) is 23.4 Å². The number of rotatable bonds is 3. The summed E-state index contributed by atoms with van der Waals surface area (Å²) in [7, 11) is 1.47. The molecule has 0 saturated carbocycles. The van der Waals surface area contributed by atoms with Crippen molar-refractivity contribution in [2.75, 3.05) is 7.11 Å². The Bertz CT molecular complexity index is 832. The molecular formula is C16H16N4O3. The SMILES string of the molecule is CCc1[nH]nc2c1[C@@H](c1ccc(O)c(OC)c1)C(C#N)=C(N)O2. The van der Waals surface area contributed by atoms with Gasteiger partial charge < -0.3 is 20.3 Å². The van der Waals surface area contributed by atoms with Gasteiger partial charge in [0.2, 0.25) is 11.8 Å². The minimum absolute atomic E-state index is 0.0295. The van der Waals surface area contributed by atoms with Crippen LogP contribution >= 0.6 is 0 Å². The van der Waals surface area contributed by atoms with Gasteiger partial charge in [-0.25, -0.2) is 0 Å². The topological polar surface area (TPSA) is 117 Å². The van der Waals surface area contributed by atoms with Crippen LogP contribution in [-0.2, 0) is 6.42 Å². The molecule has 0 saturated heterocycles. The van der Waals surface area contributed by atoms with E-state index in [-0.39, 0.29) is 11.6 Å². The average molecular weight is 312 g/mol. The normalized spacial score (nSPS) is 16.5. The van der Waals surface area contributed by atoms with Crippen molar-refractivity contribution in [2.24, 2.45) is 5.73 Å². The number of aryl methyl sites for hydroxylation is 1. The Morgan fingerprint density at radius 2 is 2.30 bits per heavy atom. The molecule has 3 rings (SSSR count). The molecule has 7 heteroatoms. The van der Waals surface area contributed by atoms with Crippen molar-refractivity contribution in [1.29, 1.82) is 5.26 Å². The van der Waals surface area contributed by atoms with Crippen LogP contribution in [0.5, 0.6) is 17.4 Å². The minimum atomic E-state index is -0.424. The Morgan fingerprint density at radius 3 is 2.96 bits per heavy atom. The highest BCUT2D eigenvalue weighted by atomic mass is 16.5. The molecule has 1 aromatic carbocycles. The summed E-state index contributed by atoms with van der Waals surface area (Å²) in [5, 5.41) is 26.4. The van der Waals surface area contributed by atoms with Crippen molar-refractivity contribution in [3.63, 3.8) is 0 Å². The maximum Gasteiger partial charge on any atom is 0.244 e. The number of phenolic OH excluding ortho intramolecular Hbond substituents is 1. The largest absolute Gasteiger partial charge is 0.504 e. The summed E-state index contributed by atoms with van der Waals surface area (Å²) < 4.78 is 10.6. The fourth-order valence-corrected chi connectivity index (χ4v) is 2.79. The van der Waals surface area contributed by atoms with Crippen molar-refractivity contribution in [1.82, 2.24) is 10.2 Å². The number of aromatic nitrogens is 2. The first-order chi connectivity index (χ1) is 11.1. The monoisotopic (exact) mass is 312 g/mol. The number of H-pyrrole nitrogens is 1. The van der Waals surface area contributed by atoms with Crippen LogP contribution in [0.25, 0.3) is 0 Å². The summed E-state index contributed by atoms with van der Waals surface area (Å²) in [4.78, 5) is 0. The van der Waals surface area contributed by atoms with Crippen molar-refractivity contribution in [2.45, 2.75) is 19.3 Å². The zero-order chi connectivity index (χ0) is 16.6. The molecule has 0 radical (unpaired) electrons. The molecule has 0 fully saturated rings. The summed E-state index contributed by atoms with van der Waals surface area (Å²) in [6.45, 7) is 1.98. The Balaban J connectivity index is 2.23. The van der Waals surface area contributed by atoms with Crippen LogP contribution in [0, 0.1) is 11.3 Å². The molecule has 1 atom stereocenters. The summed E-state index contributed by atoms with van der Waals surface area (Å²) in [6, 6.07) is 7.07. The number of ether oxygens (including phenoxy) is 2. The lowest BCUT2D eigenvalue weighted by atomic mass is 9.83. The smallest absolute Gasteiger partial charge is 0.244 e. The highest BCUT2D eigenvalue weighted by Gasteiger charge is 2.35. The van der Waals surface area contributed by atoms with E-state index in [4.69, 9.17) is 15.2 Å². The Hall–Kier alpha value is -3.14. The molecule has 0 aliphatic carbocycles. The maximum absolute atomic E-state index is 9.79. The molecule has 23 heavy (non-hydrogen) atoms. The van der Waals surface area contributed by atoms with Crippen LogP contribution in [-0.4, -0.2) is 22.4 Å². The van der Waals surface area contributed by atoms with Crippen LogP contribution in [0.3, 0.4) is 0 Å². The molecule has 0 spiro atoms. The summed E-state index contributed by atoms with van der Waals surface area (Å²) in [5.41, 5.74) is 8.61. The van der Waals surface area contributed by atoms with E-state index in [0.29, 0.717) is 23.6 Å². The lowest BCUT2D eigenvalue weighted by molar-refractivity contribution is 0.370. The first kappa shape index (κ1) is 14.8. The third kappa shape index (κ3) is 2.25. The standard InChI is InChI=1S/C16H16N4O3/c1-3-10-14-13(8-4-5-11(21)12(6-8)22-2)9(7-17)15(18)23-16(14)20-19-10/h4-6,13,21H,3,18H2,1-2H3,(H,19,20)/t13-/m0/s1. The molecule has 4 N–H and O–H groups in total. The lowest BCUT2D eigenvalue weighted by Crippen LogP contribution is -2.21. The third-order valence-electron chi connectivity index (χ3n) is 3.91. The van der Waals surface area contributed by atoms with Gasteiger partial charge in [-0.05, 0) is 24.1 Å². The number of nitriles is 1. The highest BCUT2D eigenvalue weighted by Crippen LogP contribution is 2.44. The number of nitrogens with one attached hydrogen (secondary N) is 1. The number of fused-ring (bicyclic) bond motifs is 1. The second kappa shape index (κ2) is 5.57. The lowest BCUT2D eigenvalue weighted by Gasteiger charge is -2.24. The minimum Gasteiger partial charge on any atom is -0.504 e. The number of aromatic hydroxyl groups is 1. The first-order valence-corrected chi connectivity index (χ1v) is 7.12. The van der Waals surface area contributed by atoms with Crippen molar-refractivity contribution < 1.29 is 14.6 Å². The molecule has 2 heterocycles. The number of hydrogen-bond acceptors (Lipinski definition) is 6. The van der Waals surface area contributed by atoms with Crippen molar-refractivity contribution >= 4 is 0 Å². The molecule has 7 nitrogen and oxygen atoms in total. The molecule has 0 bridgehead atoms. The number of benzene rings is 1. The van der Waals surface area contributed by atoms with Crippen LogP contribution < -0.4 is 15.2 Å². The quantitative estimate of drug-likeness (QED) is 0.797. The van der Waals surface area contributed by atoms with E-state index < -0.39 is 5.92 Å². The molecule has 1 aliphatic heterocycles. The second-order valence-electron chi connectivity index (χ2n) is 5.13. The number of nitrogens with two attached hydrogens (primary N) is 1. The van der Waals surface area contributed by atoms with Gasteiger partial charge in [-0.3, -0.25) is 5.10 Å². The molecule has 0 unspecified atom stereocenters. The Kier molecular flexibility index (Phi) is 3.58. The van der Waals surface area contributed by atoms with Gasteiger partial charge in [0.05, 0.1) is 13.0 Å². The predicted molar refractivity (Wildman–Crippen MR) is 81.9 cm³/mol. The fraction of sp³-hybridized carbons (Fsp3) is 0.250. The first-order valence-electron chi connectivity index (χ1n) is 7.12. The van der Waals surface area contributed by atoms with Gasteiger partial charge in [0.25, 0.3) is 0 Å².